The predicted molar refractivity (Wildman–Crippen MR) is 230 cm³/mol. The van der Waals surface area contributed by atoms with Crippen molar-refractivity contribution in [3.05, 3.63) is 200 Å². The molecule has 0 aliphatic carbocycles. The maximum Gasteiger partial charge on any atom is 0.240 e. The molecule has 11 aromatic rings. The van der Waals surface area contributed by atoms with Crippen LogP contribution >= 0.6 is 0 Å². The van der Waals surface area contributed by atoms with Crippen molar-refractivity contribution < 1.29 is 21.9 Å². The van der Waals surface area contributed by atoms with Gasteiger partial charge in [0.25, 0.3) is 0 Å². The summed E-state index contributed by atoms with van der Waals surface area (Å²) < 4.78 is 144. The Bertz CT molecular complexity index is 3820. The first kappa shape index (κ1) is 19.6. The van der Waals surface area contributed by atoms with Crippen LogP contribution < -0.4 is 0 Å². The van der Waals surface area contributed by atoms with Gasteiger partial charge in [-0.25, -0.2) is 0 Å². The third kappa shape index (κ3) is 5.21. The van der Waals surface area contributed by atoms with Crippen molar-refractivity contribution in [2.75, 3.05) is 0 Å². The average molecular weight is 732 g/mol. The number of nitrogens with zero attached hydrogens (tertiary/aromatic N) is 5. The monoisotopic (exact) mass is 731 g/mol. The smallest absolute Gasteiger partial charge is 0.240 e. The fourth-order valence-electron chi connectivity index (χ4n) is 7.18. The molecule has 0 aliphatic heterocycles. The number of fused-ring (bicyclic) bond motifs is 6. The summed E-state index contributed by atoms with van der Waals surface area (Å²) in [6, 6.07) is 22.8. The van der Waals surface area contributed by atoms with Crippen LogP contribution in [0.15, 0.2) is 200 Å². The van der Waals surface area contributed by atoms with Crippen LogP contribution in [0, 0.1) is 0 Å². The van der Waals surface area contributed by atoms with Crippen molar-refractivity contribution in [2.45, 2.75) is 0 Å². The lowest BCUT2D eigenvalue weighted by atomic mass is 9.93. The Morgan fingerprint density at radius 2 is 0.661 bits per heavy atom. The van der Waals surface area contributed by atoms with E-state index in [9.17, 15) is 0 Å². The maximum atomic E-state index is 9.16. The van der Waals surface area contributed by atoms with E-state index in [1.165, 1.54) is 0 Å². The van der Waals surface area contributed by atoms with Gasteiger partial charge in [-0.2, -0.15) is 15.0 Å². The maximum absolute atomic E-state index is 9.16. The van der Waals surface area contributed by atoms with E-state index in [2.05, 4.69) is 24.3 Å². The molecule has 11 rings (SSSR count). The summed E-state index contributed by atoms with van der Waals surface area (Å²) in [4.78, 5) is 14.4. The van der Waals surface area contributed by atoms with Crippen LogP contribution in [0.1, 0.15) is 21.9 Å². The first-order chi connectivity index (χ1) is 34.4. The van der Waals surface area contributed by atoms with Gasteiger partial charge in [0.15, 0.2) is 5.82 Å². The Hall–Kier alpha value is -7.63. The molecule has 0 radical (unpaired) electrons. The molecule has 3 heterocycles. The van der Waals surface area contributed by atoms with E-state index in [4.69, 9.17) is 36.9 Å². The molecule has 56 heavy (non-hydrogen) atoms. The van der Waals surface area contributed by atoms with E-state index in [1.54, 1.807) is 12.1 Å². The minimum absolute atomic E-state index is 0.136. The summed E-state index contributed by atoms with van der Waals surface area (Å²) in [6.07, 6.45) is 0. The molecule has 0 spiro atoms. The van der Waals surface area contributed by atoms with Gasteiger partial charge in [0, 0.05) is 27.1 Å². The van der Waals surface area contributed by atoms with E-state index in [0.29, 0.717) is 5.56 Å². The van der Waals surface area contributed by atoms with E-state index < -0.39 is 109 Å². The number of hydrogen-bond acceptors (Lipinski definition) is 3. The van der Waals surface area contributed by atoms with E-state index in [0.717, 1.165) is 42.5 Å². The highest BCUT2D eigenvalue weighted by Gasteiger charge is 2.20. The van der Waals surface area contributed by atoms with Crippen LogP contribution in [0.2, 0.25) is 0 Å². The topological polar surface area (TPSA) is 48.5 Å². The molecule has 5 heteroatoms. The van der Waals surface area contributed by atoms with Crippen molar-refractivity contribution in [1.82, 2.24) is 24.1 Å². The zero-order chi connectivity index (χ0) is 50.9. The van der Waals surface area contributed by atoms with Crippen LogP contribution in [-0.2, 0) is 0 Å². The molecule has 0 aliphatic rings. The summed E-state index contributed by atoms with van der Waals surface area (Å²) >= 11 is 0. The largest absolute Gasteiger partial charge is 0.278 e. The van der Waals surface area contributed by atoms with Crippen LogP contribution in [0.4, 0.5) is 0 Å². The Kier molecular flexibility index (Phi) is 4.57. The van der Waals surface area contributed by atoms with Crippen molar-refractivity contribution in [3.63, 3.8) is 0 Å². The van der Waals surface area contributed by atoms with E-state index >= 15 is 0 Å². The molecular weight excluding hydrogens is 683 g/mol. The normalized spacial score (nSPS) is 15.6. The minimum atomic E-state index is -0.695. The number of aromatic nitrogens is 5. The van der Waals surface area contributed by atoms with Gasteiger partial charge in [-0.05, 0) is 57.6 Å². The average Bonchev–Trinajstić information content (AvgIpc) is 3.97. The van der Waals surface area contributed by atoms with Gasteiger partial charge in [0.2, 0.25) is 11.9 Å². The van der Waals surface area contributed by atoms with Crippen LogP contribution in [-0.4, -0.2) is 24.1 Å². The Morgan fingerprint density at radius 1 is 0.321 bits per heavy atom. The van der Waals surface area contributed by atoms with Gasteiger partial charge in [-0.1, -0.05) is 176 Å². The summed E-state index contributed by atoms with van der Waals surface area (Å²) in [5.74, 6) is -1.06. The summed E-state index contributed by atoms with van der Waals surface area (Å²) in [5, 5.41) is -1.04. The Labute approximate surface area is 345 Å². The third-order valence-corrected chi connectivity index (χ3v) is 9.76. The highest BCUT2D eigenvalue weighted by atomic mass is 15.3. The molecule has 5 nitrogen and oxygen atoms in total. The fourth-order valence-corrected chi connectivity index (χ4v) is 7.18. The van der Waals surface area contributed by atoms with Crippen LogP contribution in [0.3, 0.4) is 0 Å². The molecule has 0 amide bonds. The van der Waals surface area contributed by atoms with Gasteiger partial charge in [-0.3, -0.25) is 9.13 Å². The zero-order valence-corrected chi connectivity index (χ0v) is 29.1. The first-order valence-corrected chi connectivity index (χ1v) is 17.6. The molecule has 8 aromatic carbocycles. The van der Waals surface area contributed by atoms with Crippen molar-refractivity contribution in [3.8, 4) is 56.7 Å². The zero-order valence-electron chi connectivity index (χ0n) is 45.1. The number of para-hydroxylation sites is 4. The quantitative estimate of drug-likeness (QED) is 0.171. The molecule has 0 bridgehead atoms. The molecule has 3 aromatic heterocycles. The lowest BCUT2D eigenvalue weighted by Gasteiger charge is -2.13. The minimum Gasteiger partial charge on any atom is -0.278 e. The number of benzene rings is 8. The van der Waals surface area contributed by atoms with Crippen molar-refractivity contribution in [1.29, 1.82) is 0 Å². The van der Waals surface area contributed by atoms with Gasteiger partial charge < -0.3 is 0 Å². The second kappa shape index (κ2) is 13.0. The van der Waals surface area contributed by atoms with Gasteiger partial charge in [0.1, 0.15) is 0 Å². The lowest BCUT2D eigenvalue weighted by Crippen LogP contribution is -2.10. The summed E-state index contributed by atoms with van der Waals surface area (Å²) in [5.41, 5.74) is 4.92. The molecule has 262 valence electrons. The van der Waals surface area contributed by atoms with Crippen LogP contribution in [0.5, 0.6) is 0 Å². The molecule has 0 N–H and O–H groups in total. The highest BCUT2D eigenvalue weighted by Crippen LogP contribution is 2.36. The standard InChI is InChI=1S/C51H33N5/c1-2-14-36(15-3-1)39-16-4-5-17-40(39)37-30-26-34(27-31-37)35-28-32-38(33-29-35)49-52-50(55-45-22-10-6-18-41(45)42-19-7-11-23-46(42)55)54-51(53-49)56-47-24-12-8-20-43(47)44-21-9-13-25-48(44)56/h1-33H/i6D,7D,8D,9D,10D,11D,12D,13D,18D,19D,20D,21D,22D,23D,24D,25D. The van der Waals surface area contributed by atoms with Gasteiger partial charge >= 0.3 is 0 Å². The third-order valence-electron chi connectivity index (χ3n) is 9.76. The highest BCUT2D eigenvalue weighted by molar-refractivity contribution is 6.10. The van der Waals surface area contributed by atoms with Crippen molar-refractivity contribution >= 4 is 43.6 Å². The molecular formula is C51H33N5. The first-order valence-electron chi connectivity index (χ1n) is 25.6. The van der Waals surface area contributed by atoms with Crippen molar-refractivity contribution in [2.24, 2.45) is 0 Å². The fraction of sp³-hybridized carbons (Fsp3) is 0. The molecule has 0 atom stereocenters. The lowest BCUT2D eigenvalue weighted by molar-refractivity contribution is 0.893. The summed E-state index contributed by atoms with van der Waals surface area (Å²) in [7, 11) is 0. The number of rotatable bonds is 6. The molecule has 0 fully saturated rings. The Balaban J connectivity index is 1.19. The predicted octanol–water partition coefficient (Wildman–Crippen LogP) is 12.7. The summed E-state index contributed by atoms with van der Waals surface area (Å²) in [6.45, 7) is 0. The molecule has 0 unspecified atom stereocenters. The SMILES string of the molecule is [2H]c1c([2H])c([2H])c2c(c1[2H])c1c([2H])c([2H])c([2H])c([2H])c1n2-c1nc(-c2ccc(-c3ccc(-c4ccccc4-c4ccccc4)cc3)cc2)nc(-n2c3c([2H])c([2H])c([2H])c([2H])c3c3c([2H])c([2H])c([2H])c([2H])c32)n1. The van der Waals surface area contributed by atoms with Gasteiger partial charge in [0.05, 0.1) is 44.0 Å². The molecule has 0 saturated heterocycles. The Morgan fingerprint density at radius 3 is 1.09 bits per heavy atom. The second-order valence-electron chi connectivity index (χ2n) is 12.9. The van der Waals surface area contributed by atoms with Crippen LogP contribution in [0.25, 0.3) is 100 Å². The van der Waals surface area contributed by atoms with E-state index in [1.807, 2.05) is 66.7 Å². The second-order valence-corrected chi connectivity index (χ2v) is 12.9. The molecule has 0 saturated carbocycles. The van der Waals surface area contributed by atoms with Gasteiger partial charge in [-0.15, -0.1) is 0 Å². The number of hydrogen-bond donors (Lipinski definition) is 0. The van der Waals surface area contributed by atoms with E-state index in [-0.39, 0.29) is 49.4 Å².